The van der Waals surface area contributed by atoms with Gasteiger partial charge >= 0.3 is 6.03 Å². The molecule has 1 aliphatic heterocycles. The summed E-state index contributed by atoms with van der Waals surface area (Å²) in [6.45, 7) is 3.48. The van der Waals surface area contributed by atoms with Crippen LogP contribution in [0.3, 0.4) is 0 Å². The van der Waals surface area contributed by atoms with Crippen molar-refractivity contribution in [2.75, 3.05) is 11.9 Å². The minimum absolute atomic E-state index is 0.301. The highest BCUT2D eigenvalue weighted by molar-refractivity contribution is 6.30. The van der Waals surface area contributed by atoms with Gasteiger partial charge in [0.25, 0.3) is 6.02 Å². The van der Waals surface area contributed by atoms with Gasteiger partial charge in [-0.2, -0.15) is 0 Å². The van der Waals surface area contributed by atoms with Gasteiger partial charge in [-0.1, -0.05) is 60.1 Å². The zero-order valence-corrected chi connectivity index (χ0v) is 17.4. The standard InChI is InChI=1S/C24H22ClN3O2/c1-2-30-24(27-23(29)26-20-13-11-19(25)12-14-20)28-15-17-7-3-5-9-21(17)22-10-6-4-8-18(22)16-28/h3-14H,2,15-16H2,1H3,(H,26,29). The van der Waals surface area contributed by atoms with Gasteiger partial charge in [0, 0.05) is 23.8 Å². The van der Waals surface area contributed by atoms with Crippen LogP contribution >= 0.6 is 11.6 Å². The van der Waals surface area contributed by atoms with Crippen LogP contribution in [0.4, 0.5) is 10.5 Å². The van der Waals surface area contributed by atoms with Gasteiger partial charge in [-0.15, -0.1) is 4.99 Å². The van der Waals surface area contributed by atoms with Crippen molar-refractivity contribution < 1.29 is 9.53 Å². The Labute approximate surface area is 181 Å². The summed E-state index contributed by atoms with van der Waals surface area (Å²) in [5, 5.41) is 3.36. The number of aliphatic imine (C=N–C) groups is 1. The molecule has 3 aromatic carbocycles. The number of rotatable bonds is 2. The third-order valence-electron chi connectivity index (χ3n) is 4.88. The number of urea groups is 1. The smallest absolute Gasteiger partial charge is 0.349 e. The molecule has 0 radical (unpaired) electrons. The molecule has 0 unspecified atom stereocenters. The molecule has 30 heavy (non-hydrogen) atoms. The van der Waals surface area contributed by atoms with Crippen LogP contribution in [-0.4, -0.2) is 23.6 Å². The molecule has 2 amide bonds. The molecule has 0 aromatic heterocycles. The number of fused-ring (bicyclic) bond motifs is 3. The van der Waals surface area contributed by atoms with Crippen LogP contribution in [0.25, 0.3) is 11.1 Å². The number of amidine groups is 1. The van der Waals surface area contributed by atoms with Crippen molar-refractivity contribution in [3.63, 3.8) is 0 Å². The molecule has 0 saturated heterocycles. The molecule has 5 nitrogen and oxygen atoms in total. The Balaban J connectivity index is 1.64. The van der Waals surface area contributed by atoms with Crippen molar-refractivity contribution in [3.8, 4) is 11.1 Å². The molecule has 1 aliphatic rings. The average Bonchev–Trinajstić information content (AvgIpc) is 2.92. The van der Waals surface area contributed by atoms with Gasteiger partial charge in [0.1, 0.15) is 0 Å². The summed E-state index contributed by atoms with van der Waals surface area (Å²) in [5.41, 5.74) is 5.32. The van der Waals surface area contributed by atoms with E-state index in [4.69, 9.17) is 16.3 Å². The van der Waals surface area contributed by atoms with E-state index in [9.17, 15) is 4.79 Å². The number of benzene rings is 3. The molecule has 0 atom stereocenters. The number of halogens is 1. The maximum Gasteiger partial charge on any atom is 0.349 e. The second-order valence-corrected chi connectivity index (χ2v) is 7.37. The first-order chi connectivity index (χ1) is 14.6. The minimum atomic E-state index is -0.494. The molecule has 0 saturated carbocycles. The summed E-state index contributed by atoms with van der Waals surface area (Å²) in [4.78, 5) is 18.8. The van der Waals surface area contributed by atoms with Crippen LogP contribution < -0.4 is 5.32 Å². The maximum absolute atomic E-state index is 12.6. The number of ether oxygens (including phenoxy) is 1. The molecule has 1 N–H and O–H groups in total. The van der Waals surface area contributed by atoms with Crippen molar-refractivity contribution in [1.29, 1.82) is 0 Å². The first-order valence-corrected chi connectivity index (χ1v) is 10.2. The van der Waals surface area contributed by atoms with Crippen molar-refractivity contribution in [1.82, 2.24) is 4.90 Å². The lowest BCUT2D eigenvalue weighted by molar-refractivity contribution is 0.230. The van der Waals surface area contributed by atoms with Gasteiger partial charge in [0.05, 0.1) is 6.61 Å². The third kappa shape index (κ3) is 4.47. The lowest BCUT2D eigenvalue weighted by Gasteiger charge is -2.24. The van der Waals surface area contributed by atoms with Gasteiger partial charge in [0.2, 0.25) is 0 Å². The Hall–Kier alpha value is -3.31. The number of hydrogen-bond donors (Lipinski definition) is 1. The molecule has 0 aliphatic carbocycles. The summed E-state index contributed by atoms with van der Waals surface area (Å²) < 4.78 is 5.79. The summed E-state index contributed by atoms with van der Waals surface area (Å²) in [5.74, 6) is 0. The number of hydrogen-bond acceptors (Lipinski definition) is 2. The highest BCUT2D eigenvalue weighted by Gasteiger charge is 2.23. The van der Waals surface area contributed by atoms with Crippen molar-refractivity contribution in [2.24, 2.45) is 4.99 Å². The van der Waals surface area contributed by atoms with Gasteiger partial charge in [-0.05, 0) is 53.4 Å². The van der Waals surface area contributed by atoms with E-state index in [0.29, 0.717) is 36.4 Å². The van der Waals surface area contributed by atoms with E-state index in [2.05, 4.69) is 34.6 Å². The molecule has 0 spiro atoms. The number of amides is 2. The molecule has 4 rings (SSSR count). The lowest BCUT2D eigenvalue weighted by Crippen LogP contribution is -2.33. The van der Waals surface area contributed by atoms with E-state index in [1.807, 2.05) is 36.1 Å². The van der Waals surface area contributed by atoms with Gasteiger partial charge in [0.15, 0.2) is 0 Å². The average molecular weight is 420 g/mol. The van der Waals surface area contributed by atoms with E-state index < -0.39 is 6.03 Å². The van der Waals surface area contributed by atoms with Gasteiger partial charge < -0.3 is 15.0 Å². The Bertz CT molecular complexity index is 1030. The lowest BCUT2D eigenvalue weighted by atomic mass is 9.97. The summed E-state index contributed by atoms with van der Waals surface area (Å²) in [7, 11) is 0. The van der Waals surface area contributed by atoms with E-state index in [1.165, 1.54) is 11.1 Å². The van der Waals surface area contributed by atoms with Crippen LogP contribution in [0.15, 0.2) is 77.8 Å². The predicted molar refractivity (Wildman–Crippen MR) is 121 cm³/mol. The van der Waals surface area contributed by atoms with Crippen molar-refractivity contribution in [2.45, 2.75) is 20.0 Å². The molecule has 0 fully saturated rings. The SMILES string of the molecule is CCOC(=NC(=O)Nc1ccc(Cl)cc1)N1Cc2ccccc2-c2ccccc2C1. The Kier molecular flexibility index (Phi) is 6.00. The van der Waals surface area contributed by atoms with Crippen LogP contribution in [0.1, 0.15) is 18.1 Å². The van der Waals surface area contributed by atoms with Gasteiger partial charge in [-0.25, -0.2) is 4.79 Å². The zero-order valence-electron chi connectivity index (χ0n) is 16.6. The van der Waals surface area contributed by atoms with E-state index >= 15 is 0 Å². The molecule has 3 aromatic rings. The highest BCUT2D eigenvalue weighted by atomic mass is 35.5. The monoisotopic (exact) mass is 419 g/mol. The van der Waals surface area contributed by atoms with E-state index in [1.54, 1.807) is 24.3 Å². The number of carbonyl (C=O) groups is 1. The number of carbonyl (C=O) groups excluding carboxylic acids is 1. The van der Waals surface area contributed by atoms with Crippen molar-refractivity contribution in [3.05, 3.63) is 88.9 Å². The van der Waals surface area contributed by atoms with Crippen molar-refractivity contribution >= 4 is 29.3 Å². The molecule has 1 heterocycles. The molecular weight excluding hydrogens is 398 g/mol. The maximum atomic E-state index is 12.6. The Morgan fingerprint density at radius 2 is 1.53 bits per heavy atom. The molecular formula is C24H22ClN3O2. The normalized spacial score (nSPS) is 13.1. The topological polar surface area (TPSA) is 53.9 Å². The molecule has 152 valence electrons. The second-order valence-electron chi connectivity index (χ2n) is 6.93. The quantitative estimate of drug-likeness (QED) is 0.412. The second kappa shape index (κ2) is 9.01. The number of nitrogens with one attached hydrogen (secondary N) is 1. The van der Waals surface area contributed by atoms with E-state index in [0.717, 1.165) is 11.1 Å². The van der Waals surface area contributed by atoms with Crippen LogP contribution in [0, 0.1) is 0 Å². The number of nitrogens with zero attached hydrogens (tertiary/aromatic N) is 2. The first kappa shape index (κ1) is 20.0. The van der Waals surface area contributed by atoms with Crippen LogP contribution in [0.5, 0.6) is 0 Å². The molecule has 0 bridgehead atoms. The predicted octanol–water partition coefficient (Wildman–Crippen LogP) is 5.95. The minimum Gasteiger partial charge on any atom is -0.465 e. The zero-order chi connectivity index (χ0) is 20.9. The fourth-order valence-corrected chi connectivity index (χ4v) is 3.67. The Morgan fingerprint density at radius 1 is 0.967 bits per heavy atom. The molecule has 6 heteroatoms. The van der Waals surface area contributed by atoms with Crippen LogP contribution in [-0.2, 0) is 17.8 Å². The highest BCUT2D eigenvalue weighted by Crippen LogP contribution is 2.32. The largest absolute Gasteiger partial charge is 0.465 e. The summed E-state index contributed by atoms with van der Waals surface area (Å²) in [6, 6.07) is 23.3. The summed E-state index contributed by atoms with van der Waals surface area (Å²) >= 11 is 5.91. The fourth-order valence-electron chi connectivity index (χ4n) is 3.54. The van der Waals surface area contributed by atoms with E-state index in [-0.39, 0.29) is 0 Å². The third-order valence-corrected chi connectivity index (χ3v) is 5.14. The van der Waals surface area contributed by atoms with Crippen LogP contribution in [0.2, 0.25) is 5.02 Å². The fraction of sp³-hybridized carbons (Fsp3) is 0.167. The Morgan fingerprint density at radius 3 is 2.10 bits per heavy atom. The van der Waals surface area contributed by atoms with Gasteiger partial charge in [-0.3, -0.25) is 0 Å². The number of anilines is 1. The first-order valence-electron chi connectivity index (χ1n) is 9.83. The summed E-state index contributed by atoms with van der Waals surface area (Å²) in [6.07, 6.45) is 0.